The fraction of sp³-hybridized carbons (Fsp3) is 0.708. The van der Waals surface area contributed by atoms with Crippen LogP contribution in [0.5, 0.6) is 0 Å². The maximum absolute atomic E-state index is 13.0. The van der Waals surface area contributed by atoms with Gasteiger partial charge in [0.2, 0.25) is 5.91 Å². The first-order valence-electron chi connectivity index (χ1n) is 30.2. The fourth-order valence-corrected chi connectivity index (χ4v) is 8.99. The van der Waals surface area contributed by atoms with Crippen molar-refractivity contribution in [1.29, 1.82) is 0 Å². The highest BCUT2D eigenvalue weighted by Gasteiger charge is 2.23. The van der Waals surface area contributed by atoms with E-state index in [4.69, 9.17) is 9.05 Å². The van der Waals surface area contributed by atoms with E-state index in [1.54, 1.807) is 6.08 Å². The molecule has 0 aromatic rings. The fourth-order valence-electron chi connectivity index (χ4n) is 8.27. The Hall–Kier alpha value is -2.84. The van der Waals surface area contributed by atoms with Gasteiger partial charge < -0.3 is 28.8 Å². The van der Waals surface area contributed by atoms with Gasteiger partial charge in [-0.15, -0.1) is 0 Å². The molecule has 8 nitrogen and oxygen atoms in total. The van der Waals surface area contributed by atoms with Gasteiger partial charge in [-0.25, -0.2) is 0 Å². The lowest BCUT2D eigenvalue weighted by Crippen LogP contribution is -2.45. The number of aliphatic hydroxyl groups excluding tert-OH is 1. The van der Waals surface area contributed by atoms with Crippen molar-refractivity contribution in [2.75, 3.05) is 40.9 Å². The van der Waals surface area contributed by atoms with Crippen molar-refractivity contribution in [2.45, 2.75) is 257 Å². The molecule has 74 heavy (non-hydrogen) atoms. The summed E-state index contributed by atoms with van der Waals surface area (Å²) >= 11 is 0. The second-order valence-corrected chi connectivity index (χ2v) is 22.7. The number of carbonyl (C=O) groups excluding carboxylic acids is 1. The number of rotatable bonds is 54. The van der Waals surface area contributed by atoms with Crippen LogP contribution < -0.4 is 10.2 Å². The quantitative estimate of drug-likeness (QED) is 0.0272. The van der Waals surface area contributed by atoms with Crippen LogP contribution in [0.1, 0.15) is 245 Å². The molecular formula is C65H115N2O6P. The third-order valence-corrected chi connectivity index (χ3v) is 13.9. The SMILES string of the molecule is CC/C=C\C/C=C\C/C=C\C/C=C\C/C=C\C/C=C\C/C=C\CCCCCCCCCCCCCC(=O)NC(COP(=O)([O-])OCC[N+](C)(C)C)C(O)/C=C/CC/C=C/CCCCCCCCCCCCCCC. The van der Waals surface area contributed by atoms with E-state index in [1.165, 1.54) is 141 Å². The Morgan fingerprint density at radius 2 is 0.838 bits per heavy atom. The van der Waals surface area contributed by atoms with Gasteiger partial charge in [0.25, 0.3) is 7.82 Å². The van der Waals surface area contributed by atoms with Gasteiger partial charge in [0.05, 0.1) is 39.9 Å². The van der Waals surface area contributed by atoms with Crippen LogP contribution in [0.4, 0.5) is 0 Å². The summed E-state index contributed by atoms with van der Waals surface area (Å²) < 4.78 is 23.3. The Morgan fingerprint density at radius 1 is 0.486 bits per heavy atom. The summed E-state index contributed by atoms with van der Waals surface area (Å²) in [7, 11) is 1.23. The maximum Gasteiger partial charge on any atom is 0.268 e. The highest BCUT2D eigenvalue weighted by molar-refractivity contribution is 7.45. The zero-order valence-electron chi connectivity index (χ0n) is 48.5. The normalized spacial score (nSPS) is 14.6. The lowest BCUT2D eigenvalue weighted by atomic mass is 10.0. The molecule has 1 amide bonds. The third kappa shape index (κ3) is 56.9. The number of nitrogens with one attached hydrogen (secondary N) is 1. The predicted molar refractivity (Wildman–Crippen MR) is 320 cm³/mol. The summed E-state index contributed by atoms with van der Waals surface area (Å²) in [5.41, 5.74) is 0. The summed E-state index contributed by atoms with van der Waals surface area (Å²) in [6, 6.07) is -0.912. The molecule has 3 atom stereocenters. The number of unbranched alkanes of at least 4 members (excludes halogenated alkanes) is 25. The van der Waals surface area contributed by atoms with E-state index in [1.807, 2.05) is 27.2 Å². The van der Waals surface area contributed by atoms with Crippen molar-refractivity contribution < 1.29 is 32.9 Å². The standard InChI is InChI=1S/C65H115N2O6P/c1-6-8-10-12-14-16-18-20-22-24-26-27-28-29-30-31-32-33-34-35-36-37-38-39-41-43-45-47-49-51-53-55-57-59-65(69)66-63(62-73-74(70,71)72-61-60-67(3,4)5)64(68)58-56-54-52-50-48-46-44-42-40-25-23-21-19-17-15-13-11-9-7-2/h8,10,14,16,20,22,26-27,29-30,32-33,35-36,48,50,56,58,63-64,68H,6-7,9,11-13,15,17-19,21,23-25,28,31,34,37-47,49,51-55,57,59-62H2,1-5H3,(H-,66,69,70,71)/b10-8-,16-14-,22-20-,27-26-,30-29-,33-32-,36-35-,50-48+,58-56+. The summed E-state index contributed by atoms with van der Waals surface area (Å²) in [5.74, 6) is -0.214. The van der Waals surface area contributed by atoms with Gasteiger partial charge in [-0.3, -0.25) is 9.36 Å². The van der Waals surface area contributed by atoms with Crippen LogP contribution in [0.15, 0.2) is 109 Å². The number of phosphoric ester groups is 1. The number of allylic oxidation sites excluding steroid dienone is 17. The van der Waals surface area contributed by atoms with Crippen LogP contribution in [0, 0.1) is 0 Å². The van der Waals surface area contributed by atoms with Crippen molar-refractivity contribution in [3.05, 3.63) is 109 Å². The average molecular weight is 1050 g/mol. The molecule has 0 aliphatic rings. The number of hydrogen-bond donors (Lipinski definition) is 2. The Balaban J connectivity index is 4.21. The second-order valence-electron chi connectivity index (χ2n) is 21.3. The van der Waals surface area contributed by atoms with E-state index >= 15 is 0 Å². The molecular weight excluding hydrogens is 936 g/mol. The lowest BCUT2D eigenvalue weighted by molar-refractivity contribution is -0.870. The molecule has 0 saturated heterocycles. The van der Waals surface area contributed by atoms with Crippen molar-refractivity contribution in [3.8, 4) is 0 Å². The zero-order chi connectivity index (χ0) is 54.2. The third-order valence-electron chi connectivity index (χ3n) is 13.0. The van der Waals surface area contributed by atoms with Gasteiger partial charge in [-0.2, -0.15) is 0 Å². The Labute approximate surface area is 457 Å². The number of likely N-dealkylation sites (N-methyl/N-ethyl adjacent to an activating group) is 1. The molecule has 426 valence electrons. The van der Waals surface area contributed by atoms with Crippen LogP contribution in [-0.4, -0.2) is 68.5 Å². The molecule has 0 aromatic heterocycles. The van der Waals surface area contributed by atoms with Crippen LogP contribution in [-0.2, 0) is 18.4 Å². The second kappa shape index (κ2) is 54.9. The van der Waals surface area contributed by atoms with E-state index in [2.05, 4.69) is 116 Å². The largest absolute Gasteiger partial charge is 0.756 e. The molecule has 0 saturated carbocycles. The van der Waals surface area contributed by atoms with E-state index in [0.29, 0.717) is 17.4 Å². The molecule has 0 spiro atoms. The van der Waals surface area contributed by atoms with Crippen LogP contribution in [0.2, 0.25) is 0 Å². The molecule has 0 aliphatic heterocycles. The van der Waals surface area contributed by atoms with Gasteiger partial charge in [0.1, 0.15) is 13.2 Å². The maximum atomic E-state index is 13.0. The first-order valence-corrected chi connectivity index (χ1v) is 31.7. The summed E-state index contributed by atoms with van der Waals surface area (Å²) in [4.78, 5) is 25.5. The van der Waals surface area contributed by atoms with Gasteiger partial charge in [-0.1, -0.05) is 258 Å². The van der Waals surface area contributed by atoms with Gasteiger partial charge >= 0.3 is 0 Å². The molecule has 0 aromatic carbocycles. The number of hydrogen-bond acceptors (Lipinski definition) is 6. The number of carbonyl (C=O) groups is 1. The van der Waals surface area contributed by atoms with Crippen LogP contribution >= 0.6 is 7.82 Å². The van der Waals surface area contributed by atoms with E-state index in [0.717, 1.165) is 83.5 Å². The molecule has 9 heteroatoms. The van der Waals surface area contributed by atoms with Gasteiger partial charge in [-0.05, 0) is 89.9 Å². The highest BCUT2D eigenvalue weighted by Crippen LogP contribution is 2.38. The van der Waals surface area contributed by atoms with Crippen LogP contribution in [0.25, 0.3) is 0 Å². The summed E-state index contributed by atoms with van der Waals surface area (Å²) in [5, 5.41) is 13.9. The van der Waals surface area contributed by atoms with E-state index < -0.39 is 26.6 Å². The zero-order valence-corrected chi connectivity index (χ0v) is 49.4. The first-order chi connectivity index (χ1) is 36.0. The Bertz CT molecular complexity index is 1570. The number of amides is 1. The molecule has 0 radical (unpaired) electrons. The van der Waals surface area contributed by atoms with Crippen LogP contribution in [0.3, 0.4) is 0 Å². The minimum Gasteiger partial charge on any atom is -0.756 e. The minimum absolute atomic E-state index is 0.0115. The molecule has 0 fully saturated rings. The highest BCUT2D eigenvalue weighted by atomic mass is 31.2. The van der Waals surface area contributed by atoms with E-state index in [9.17, 15) is 19.4 Å². The van der Waals surface area contributed by atoms with Crippen molar-refractivity contribution in [1.82, 2.24) is 5.32 Å². The summed E-state index contributed by atoms with van der Waals surface area (Å²) in [6.07, 6.45) is 80.3. The molecule has 0 bridgehead atoms. The summed E-state index contributed by atoms with van der Waals surface area (Å²) in [6.45, 7) is 4.51. The number of quaternary nitrogens is 1. The van der Waals surface area contributed by atoms with Gasteiger partial charge in [0, 0.05) is 6.42 Å². The monoisotopic (exact) mass is 1050 g/mol. The van der Waals surface area contributed by atoms with Crippen molar-refractivity contribution >= 4 is 13.7 Å². The average Bonchev–Trinajstić information content (AvgIpc) is 3.36. The number of nitrogens with zero attached hydrogens (tertiary/aromatic N) is 1. The molecule has 0 rings (SSSR count). The molecule has 2 N–H and O–H groups in total. The van der Waals surface area contributed by atoms with Crippen molar-refractivity contribution in [2.24, 2.45) is 0 Å². The van der Waals surface area contributed by atoms with E-state index in [-0.39, 0.29) is 12.5 Å². The molecule has 0 aliphatic carbocycles. The molecule has 3 unspecified atom stereocenters. The van der Waals surface area contributed by atoms with Gasteiger partial charge in [0.15, 0.2) is 0 Å². The minimum atomic E-state index is -4.61. The topological polar surface area (TPSA) is 108 Å². The Kier molecular flexibility index (Phi) is 52.8. The lowest BCUT2D eigenvalue weighted by Gasteiger charge is -2.29. The first kappa shape index (κ1) is 71.2. The number of phosphoric acid groups is 1. The Morgan fingerprint density at radius 3 is 1.26 bits per heavy atom. The van der Waals surface area contributed by atoms with Crippen molar-refractivity contribution in [3.63, 3.8) is 0 Å². The predicted octanol–water partition coefficient (Wildman–Crippen LogP) is 18.1. The smallest absolute Gasteiger partial charge is 0.268 e. The number of aliphatic hydroxyl groups is 1. The molecule has 0 heterocycles.